The minimum Gasteiger partial charge on any atom is -0.453 e. The molecule has 0 saturated heterocycles. The van der Waals surface area contributed by atoms with Crippen LogP contribution in [0.5, 0.6) is 0 Å². The SMILES string of the molecule is O=C(OC1CC1(Br)Br)C(F)(F)F. The first kappa shape index (κ1) is 10.3. The van der Waals surface area contributed by atoms with Crippen LogP contribution in [0.25, 0.3) is 0 Å². The van der Waals surface area contributed by atoms with Crippen molar-refractivity contribution >= 4 is 37.8 Å². The molecule has 1 aliphatic carbocycles. The molecule has 0 radical (unpaired) electrons. The molecule has 1 atom stereocenters. The molecule has 70 valence electrons. The number of alkyl halides is 5. The van der Waals surface area contributed by atoms with Gasteiger partial charge in [-0.15, -0.1) is 0 Å². The number of ether oxygens (including phenoxy) is 1. The van der Waals surface area contributed by atoms with Gasteiger partial charge in [-0.1, -0.05) is 31.9 Å². The largest absolute Gasteiger partial charge is 0.490 e. The number of hydrogen-bond donors (Lipinski definition) is 0. The zero-order valence-electron chi connectivity index (χ0n) is 5.49. The Hall–Kier alpha value is 0.220. The Morgan fingerprint density at radius 1 is 1.50 bits per heavy atom. The first-order valence-corrected chi connectivity index (χ1v) is 4.48. The average Bonchev–Trinajstić information content (AvgIpc) is 2.36. The van der Waals surface area contributed by atoms with Crippen LogP contribution in [0.4, 0.5) is 13.2 Å². The molecule has 0 aromatic heterocycles. The van der Waals surface area contributed by atoms with E-state index in [1.165, 1.54) is 0 Å². The fraction of sp³-hybridized carbons (Fsp3) is 0.800. The smallest absolute Gasteiger partial charge is 0.453 e. The summed E-state index contributed by atoms with van der Waals surface area (Å²) in [6.45, 7) is 0. The van der Waals surface area contributed by atoms with Crippen LogP contribution in [-0.2, 0) is 9.53 Å². The number of carbonyl (C=O) groups excluding carboxylic acids is 1. The van der Waals surface area contributed by atoms with E-state index in [-0.39, 0.29) is 0 Å². The lowest BCUT2D eigenvalue weighted by atomic mass is 10.6. The molecule has 0 N–H and O–H groups in total. The fourth-order valence-corrected chi connectivity index (χ4v) is 1.29. The van der Waals surface area contributed by atoms with Crippen molar-refractivity contribution in [1.29, 1.82) is 0 Å². The number of esters is 1. The van der Waals surface area contributed by atoms with Crippen LogP contribution in [0.2, 0.25) is 0 Å². The summed E-state index contributed by atoms with van der Waals surface area (Å²) >= 11 is 6.04. The number of rotatable bonds is 1. The van der Waals surface area contributed by atoms with Crippen LogP contribution in [-0.4, -0.2) is 21.5 Å². The second-order valence-corrected chi connectivity index (χ2v) is 6.25. The normalized spacial score (nSPS) is 26.6. The van der Waals surface area contributed by atoms with Crippen molar-refractivity contribution in [1.82, 2.24) is 0 Å². The summed E-state index contributed by atoms with van der Waals surface area (Å²) in [5.74, 6) is -2.15. The Morgan fingerprint density at radius 2 is 1.92 bits per heavy atom. The van der Waals surface area contributed by atoms with Crippen LogP contribution < -0.4 is 0 Å². The third kappa shape index (κ3) is 2.35. The molecular formula is C5H3Br2F3O2. The summed E-state index contributed by atoms with van der Waals surface area (Å²) in [5.41, 5.74) is 0. The Labute approximate surface area is 82.7 Å². The van der Waals surface area contributed by atoms with E-state index >= 15 is 0 Å². The third-order valence-corrected chi connectivity index (χ3v) is 2.92. The molecule has 0 bridgehead atoms. The van der Waals surface area contributed by atoms with Crippen molar-refractivity contribution in [2.75, 3.05) is 0 Å². The predicted octanol–water partition coefficient (Wildman–Crippen LogP) is 2.35. The van der Waals surface area contributed by atoms with E-state index in [1.807, 2.05) is 0 Å². The van der Waals surface area contributed by atoms with E-state index < -0.39 is 21.5 Å². The summed E-state index contributed by atoms with van der Waals surface area (Å²) in [7, 11) is 0. The van der Waals surface area contributed by atoms with Crippen LogP contribution in [0, 0.1) is 0 Å². The molecule has 1 saturated carbocycles. The highest BCUT2D eigenvalue weighted by Crippen LogP contribution is 2.52. The van der Waals surface area contributed by atoms with Crippen molar-refractivity contribution in [3.05, 3.63) is 0 Å². The monoisotopic (exact) mass is 310 g/mol. The average molecular weight is 312 g/mol. The molecule has 1 fully saturated rings. The van der Waals surface area contributed by atoms with Crippen LogP contribution >= 0.6 is 31.9 Å². The molecule has 0 spiro atoms. The van der Waals surface area contributed by atoms with Gasteiger partial charge in [0.05, 0.1) is 0 Å². The Balaban J connectivity index is 2.40. The molecule has 0 amide bonds. The Kier molecular flexibility index (Phi) is 2.46. The Morgan fingerprint density at radius 3 is 2.17 bits per heavy atom. The van der Waals surface area contributed by atoms with Crippen LogP contribution in [0.3, 0.4) is 0 Å². The molecule has 1 rings (SSSR count). The van der Waals surface area contributed by atoms with Crippen LogP contribution in [0.1, 0.15) is 6.42 Å². The quantitative estimate of drug-likeness (QED) is 0.549. The maximum Gasteiger partial charge on any atom is 0.490 e. The molecule has 1 aliphatic rings. The molecule has 2 nitrogen and oxygen atoms in total. The van der Waals surface area contributed by atoms with Gasteiger partial charge < -0.3 is 4.74 Å². The topological polar surface area (TPSA) is 26.3 Å². The van der Waals surface area contributed by atoms with Gasteiger partial charge in [0.2, 0.25) is 0 Å². The van der Waals surface area contributed by atoms with E-state index in [9.17, 15) is 18.0 Å². The van der Waals surface area contributed by atoms with Gasteiger partial charge >= 0.3 is 12.1 Å². The molecule has 1 unspecified atom stereocenters. The summed E-state index contributed by atoms with van der Waals surface area (Å²) in [5, 5.41) is 0. The molecule has 0 aromatic carbocycles. The van der Waals surface area contributed by atoms with Gasteiger partial charge in [0, 0.05) is 6.42 Å². The zero-order chi connectivity index (χ0) is 9.57. The van der Waals surface area contributed by atoms with Gasteiger partial charge in [-0.05, 0) is 0 Å². The maximum absolute atomic E-state index is 11.6. The summed E-state index contributed by atoms with van der Waals surface area (Å²) < 4.78 is 38.2. The lowest BCUT2D eigenvalue weighted by Crippen LogP contribution is -2.27. The molecular weight excluding hydrogens is 309 g/mol. The van der Waals surface area contributed by atoms with Gasteiger partial charge in [0.1, 0.15) is 9.34 Å². The number of carbonyl (C=O) groups is 1. The fourth-order valence-electron chi connectivity index (χ4n) is 0.512. The molecule has 0 aliphatic heterocycles. The van der Waals surface area contributed by atoms with Gasteiger partial charge in [-0.2, -0.15) is 13.2 Å². The van der Waals surface area contributed by atoms with Crippen molar-refractivity contribution in [2.45, 2.75) is 21.9 Å². The second-order valence-electron chi connectivity index (χ2n) is 2.36. The van der Waals surface area contributed by atoms with Gasteiger partial charge in [0.15, 0.2) is 0 Å². The lowest BCUT2D eigenvalue weighted by molar-refractivity contribution is -0.200. The van der Waals surface area contributed by atoms with E-state index in [0.717, 1.165) is 0 Å². The summed E-state index contributed by atoms with van der Waals surface area (Å²) in [6, 6.07) is 0. The van der Waals surface area contributed by atoms with Gasteiger partial charge in [-0.3, -0.25) is 0 Å². The third-order valence-electron chi connectivity index (χ3n) is 1.25. The van der Waals surface area contributed by atoms with Crippen molar-refractivity contribution < 1.29 is 22.7 Å². The maximum atomic E-state index is 11.6. The number of halogens is 5. The molecule has 12 heavy (non-hydrogen) atoms. The Bertz CT molecular complexity index is 213. The first-order valence-electron chi connectivity index (χ1n) is 2.89. The minimum absolute atomic E-state index is 0.342. The first-order chi connectivity index (χ1) is 5.23. The van der Waals surface area contributed by atoms with Crippen molar-refractivity contribution in [3.8, 4) is 0 Å². The van der Waals surface area contributed by atoms with E-state index in [4.69, 9.17) is 0 Å². The molecule has 7 heteroatoms. The molecule has 0 heterocycles. The zero-order valence-corrected chi connectivity index (χ0v) is 8.66. The lowest BCUT2D eigenvalue weighted by Gasteiger charge is -2.06. The number of hydrogen-bond acceptors (Lipinski definition) is 2. The highest BCUT2D eigenvalue weighted by Gasteiger charge is 2.56. The van der Waals surface area contributed by atoms with Gasteiger partial charge in [0.25, 0.3) is 0 Å². The van der Waals surface area contributed by atoms with E-state index in [2.05, 4.69) is 36.6 Å². The van der Waals surface area contributed by atoms with Crippen LogP contribution in [0.15, 0.2) is 0 Å². The van der Waals surface area contributed by atoms with Crippen molar-refractivity contribution in [3.63, 3.8) is 0 Å². The highest BCUT2D eigenvalue weighted by atomic mass is 79.9. The standard InChI is InChI=1S/C5H3Br2F3O2/c6-4(7)1-2(4)12-3(11)5(8,9)10/h2H,1H2. The minimum atomic E-state index is -4.90. The van der Waals surface area contributed by atoms with Gasteiger partial charge in [-0.25, -0.2) is 4.79 Å². The molecule has 0 aromatic rings. The summed E-state index contributed by atoms with van der Waals surface area (Å²) in [4.78, 5) is 10.2. The second kappa shape index (κ2) is 2.87. The highest BCUT2D eigenvalue weighted by molar-refractivity contribution is 9.25. The summed E-state index contributed by atoms with van der Waals surface area (Å²) in [6.07, 6.45) is -5.29. The van der Waals surface area contributed by atoms with E-state index in [0.29, 0.717) is 6.42 Å². The predicted molar refractivity (Wildman–Crippen MR) is 41.1 cm³/mol. The van der Waals surface area contributed by atoms with Crippen molar-refractivity contribution in [2.24, 2.45) is 0 Å². The van der Waals surface area contributed by atoms with E-state index in [1.54, 1.807) is 0 Å².